The van der Waals surface area contributed by atoms with Crippen LogP contribution < -0.4 is 20.3 Å². The van der Waals surface area contributed by atoms with Gasteiger partial charge in [-0.15, -0.1) is 13.2 Å². The van der Waals surface area contributed by atoms with Crippen LogP contribution in [-0.4, -0.2) is 48.5 Å². The second-order valence-electron chi connectivity index (χ2n) is 7.73. The zero-order valence-corrected chi connectivity index (χ0v) is 19.9. The van der Waals surface area contributed by atoms with Gasteiger partial charge in [0, 0.05) is 24.3 Å². The number of hydrogen-bond donors (Lipinski definition) is 2. The number of nitrogens with zero attached hydrogens (tertiary/aromatic N) is 3. The molecule has 0 bridgehead atoms. The van der Waals surface area contributed by atoms with E-state index in [0.29, 0.717) is 37.0 Å². The number of halogens is 5. The first-order valence-electron chi connectivity index (χ1n) is 10.9. The number of amides is 1. The average Bonchev–Trinajstić information content (AvgIpc) is 2.87. The van der Waals surface area contributed by atoms with Crippen molar-refractivity contribution in [2.75, 3.05) is 41.8 Å². The fraction of sp³-hybridized carbons (Fsp3) is 0.208. The van der Waals surface area contributed by atoms with Crippen LogP contribution in [0.4, 0.5) is 40.6 Å². The van der Waals surface area contributed by atoms with Gasteiger partial charge in [-0.05, 0) is 42.5 Å². The molecule has 2 aromatic carbocycles. The number of anilines is 4. The first-order chi connectivity index (χ1) is 17.6. The molecule has 0 aliphatic carbocycles. The number of alkyl halides is 3. The Morgan fingerprint density at radius 2 is 1.95 bits per heavy atom. The summed E-state index contributed by atoms with van der Waals surface area (Å²) in [6.07, 6.45) is -3.26. The molecule has 1 aliphatic heterocycles. The van der Waals surface area contributed by atoms with E-state index in [-0.39, 0.29) is 22.9 Å². The number of rotatable bonds is 7. The predicted molar refractivity (Wildman–Crippen MR) is 131 cm³/mol. The van der Waals surface area contributed by atoms with Gasteiger partial charge in [0.2, 0.25) is 11.9 Å². The van der Waals surface area contributed by atoms with Gasteiger partial charge in [-0.2, -0.15) is 0 Å². The maximum absolute atomic E-state index is 14.2. The first kappa shape index (κ1) is 26.2. The Bertz CT molecular complexity index is 1320. The molecule has 0 unspecified atom stereocenters. The summed E-state index contributed by atoms with van der Waals surface area (Å²) >= 11 is 6.36. The Hall–Kier alpha value is -3.90. The Morgan fingerprint density at radius 1 is 1.19 bits per heavy atom. The van der Waals surface area contributed by atoms with E-state index in [1.165, 1.54) is 6.07 Å². The maximum atomic E-state index is 14.2. The molecule has 3 aromatic rings. The van der Waals surface area contributed by atoms with Gasteiger partial charge in [-0.1, -0.05) is 18.2 Å². The number of benzene rings is 2. The lowest BCUT2D eigenvalue weighted by Gasteiger charge is -2.30. The molecule has 37 heavy (non-hydrogen) atoms. The van der Waals surface area contributed by atoms with Crippen molar-refractivity contribution < 1.29 is 31.8 Å². The van der Waals surface area contributed by atoms with Gasteiger partial charge in [-0.25, -0.2) is 14.4 Å². The standard InChI is InChI=1S/C24H20ClF4N5O3/c1-2-21(35)32-18-11-14(3-6-17(18)26)22-20(37-24(27,28)29)13-30-23(33-22)31-15-4-5-16(25)19(12-15)34-7-9-36-10-8-34/h2-6,11-13H,1,7-10H2,(H,32,35)(H,30,31,33). The van der Waals surface area contributed by atoms with E-state index in [1.54, 1.807) is 18.2 Å². The van der Waals surface area contributed by atoms with E-state index in [0.717, 1.165) is 30.1 Å². The summed E-state index contributed by atoms with van der Waals surface area (Å²) in [5.41, 5.74) is 0.746. The van der Waals surface area contributed by atoms with Gasteiger partial charge in [0.25, 0.3) is 0 Å². The van der Waals surface area contributed by atoms with E-state index >= 15 is 0 Å². The molecule has 1 aliphatic rings. The molecule has 1 fully saturated rings. The fourth-order valence-corrected chi connectivity index (χ4v) is 3.79. The van der Waals surface area contributed by atoms with Crippen LogP contribution in [0.15, 0.2) is 55.3 Å². The molecule has 13 heteroatoms. The summed E-state index contributed by atoms with van der Waals surface area (Å²) < 4.78 is 62.8. The summed E-state index contributed by atoms with van der Waals surface area (Å²) in [7, 11) is 0. The minimum absolute atomic E-state index is 0.0376. The van der Waals surface area contributed by atoms with Crippen LogP contribution in [0.3, 0.4) is 0 Å². The SMILES string of the molecule is C=CC(=O)Nc1cc(-c2nc(Nc3ccc(Cl)c(N4CCOCC4)c3)ncc2OC(F)(F)F)ccc1F. The van der Waals surface area contributed by atoms with Crippen LogP contribution >= 0.6 is 11.6 Å². The van der Waals surface area contributed by atoms with E-state index < -0.39 is 23.8 Å². The monoisotopic (exact) mass is 537 g/mol. The van der Waals surface area contributed by atoms with Crippen LogP contribution in [0.25, 0.3) is 11.3 Å². The van der Waals surface area contributed by atoms with Gasteiger partial charge in [0.15, 0.2) is 5.75 Å². The molecule has 1 saturated heterocycles. The molecule has 2 N–H and O–H groups in total. The Kier molecular flexibility index (Phi) is 7.79. The van der Waals surface area contributed by atoms with Crippen LogP contribution in [0.2, 0.25) is 5.02 Å². The minimum Gasteiger partial charge on any atom is -0.402 e. The highest BCUT2D eigenvalue weighted by Crippen LogP contribution is 2.36. The molecular formula is C24H20ClF4N5O3. The summed E-state index contributed by atoms with van der Waals surface area (Å²) in [5.74, 6) is -2.27. The van der Waals surface area contributed by atoms with Crippen molar-refractivity contribution in [2.45, 2.75) is 6.36 Å². The number of hydrogen-bond acceptors (Lipinski definition) is 7. The number of ether oxygens (including phenoxy) is 2. The zero-order valence-electron chi connectivity index (χ0n) is 19.1. The third kappa shape index (κ3) is 6.66. The lowest BCUT2D eigenvalue weighted by atomic mass is 10.1. The quantitative estimate of drug-likeness (QED) is 0.302. The lowest BCUT2D eigenvalue weighted by molar-refractivity contribution is -0.274. The minimum atomic E-state index is -5.03. The second kappa shape index (κ2) is 11.0. The highest BCUT2D eigenvalue weighted by Gasteiger charge is 2.33. The van der Waals surface area contributed by atoms with E-state index in [4.69, 9.17) is 16.3 Å². The van der Waals surface area contributed by atoms with Crippen LogP contribution in [0.1, 0.15) is 0 Å². The number of morpholine rings is 1. The molecule has 1 aromatic heterocycles. The Labute approximate surface area is 213 Å². The van der Waals surface area contributed by atoms with Crippen molar-refractivity contribution in [1.82, 2.24) is 9.97 Å². The normalized spacial score (nSPS) is 13.7. The predicted octanol–water partition coefficient (Wildman–Crippen LogP) is 5.54. The van der Waals surface area contributed by atoms with Crippen molar-refractivity contribution >= 4 is 40.5 Å². The van der Waals surface area contributed by atoms with Crippen molar-refractivity contribution in [1.29, 1.82) is 0 Å². The van der Waals surface area contributed by atoms with Crippen LogP contribution in [0.5, 0.6) is 5.75 Å². The third-order valence-corrected chi connectivity index (χ3v) is 5.54. The van der Waals surface area contributed by atoms with Gasteiger partial charge in [0.1, 0.15) is 11.5 Å². The molecule has 0 radical (unpaired) electrons. The molecule has 2 heterocycles. The van der Waals surface area contributed by atoms with Crippen molar-refractivity contribution in [2.24, 2.45) is 0 Å². The van der Waals surface area contributed by atoms with Crippen LogP contribution in [-0.2, 0) is 9.53 Å². The van der Waals surface area contributed by atoms with Gasteiger partial charge in [-0.3, -0.25) is 4.79 Å². The number of aromatic nitrogens is 2. The highest BCUT2D eigenvalue weighted by molar-refractivity contribution is 6.33. The fourth-order valence-electron chi connectivity index (χ4n) is 3.56. The third-order valence-electron chi connectivity index (χ3n) is 5.22. The van der Waals surface area contributed by atoms with Gasteiger partial charge < -0.3 is 25.0 Å². The number of carbonyl (C=O) groups excluding carboxylic acids is 1. The summed E-state index contributed by atoms with van der Waals surface area (Å²) in [4.78, 5) is 21.8. The van der Waals surface area contributed by atoms with Gasteiger partial charge >= 0.3 is 6.36 Å². The first-order valence-corrected chi connectivity index (χ1v) is 11.3. The molecule has 0 atom stereocenters. The average molecular weight is 538 g/mol. The number of nitrogens with one attached hydrogen (secondary N) is 2. The molecule has 4 rings (SSSR count). The van der Waals surface area contributed by atoms with Gasteiger partial charge in [0.05, 0.1) is 35.8 Å². The zero-order chi connectivity index (χ0) is 26.6. The summed E-state index contributed by atoms with van der Waals surface area (Å²) in [5, 5.41) is 5.72. The molecule has 1 amide bonds. The largest absolute Gasteiger partial charge is 0.573 e. The molecule has 194 valence electrons. The van der Waals surface area contributed by atoms with E-state index in [1.807, 2.05) is 4.90 Å². The summed E-state index contributed by atoms with van der Waals surface area (Å²) in [6, 6.07) is 8.41. The number of carbonyl (C=O) groups is 1. The lowest BCUT2D eigenvalue weighted by Crippen LogP contribution is -2.36. The van der Waals surface area contributed by atoms with Crippen molar-refractivity contribution in [3.63, 3.8) is 0 Å². The Morgan fingerprint density at radius 3 is 2.65 bits per heavy atom. The van der Waals surface area contributed by atoms with Crippen molar-refractivity contribution in [3.8, 4) is 17.0 Å². The smallest absolute Gasteiger partial charge is 0.402 e. The second-order valence-corrected chi connectivity index (χ2v) is 8.14. The van der Waals surface area contributed by atoms with Crippen molar-refractivity contribution in [3.05, 3.63) is 66.1 Å². The Balaban J connectivity index is 1.70. The van der Waals surface area contributed by atoms with Crippen LogP contribution in [0, 0.1) is 5.82 Å². The topological polar surface area (TPSA) is 88.6 Å². The highest BCUT2D eigenvalue weighted by atomic mass is 35.5. The molecule has 0 spiro atoms. The van der Waals surface area contributed by atoms with E-state index in [2.05, 4.69) is 31.9 Å². The summed E-state index contributed by atoms with van der Waals surface area (Å²) in [6.45, 7) is 5.67. The molecule has 8 nitrogen and oxygen atoms in total. The molecular weight excluding hydrogens is 518 g/mol. The maximum Gasteiger partial charge on any atom is 0.573 e. The van der Waals surface area contributed by atoms with E-state index in [9.17, 15) is 22.4 Å². The molecule has 0 saturated carbocycles.